The molecule has 1 heteroatoms. The van der Waals surface area contributed by atoms with Crippen molar-refractivity contribution in [1.29, 1.82) is 5.26 Å². The average Bonchev–Trinajstić information content (AvgIpc) is 2.44. The van der Waals surface area contributed by atoms with E-state index in [2.05, 4.69) is 12.6 Å². The number of hydrogen-bond donors (Lipinski definition) is 0. The number of nitrogens with zero attached hydrogens (tertiary/aromatic N) is 1. The van der Waals surface area contributed by atoms with Crippen molar-refractivity contribution in [2.75, 3.05) is 0 Å². The highest BCUT2D eigenvalue weighted by Crippen LogP contribution is 2.51. The lowest BCUT2D eigenvalue weighted by Crippen LogP contribution is -1.88. The molecular formula is C7H9N. The zero-order valence-corrected chi connectivity index (χ0v) is 5.02. The molecule has 0 aliphatic heterocycles. The summed E-state index contributed by atoms with van der Waals surface area (Å²) in [4.78, 5) is 0. The first-order valence-corrected chi connectivity index (χ1v) is 2.77. The van der Waals surface area contributed by atoms with Gasteiger partial charge in [-0.05, 0) is 19.3 Å². The topological polar surface area (TPSA) is 23.8 Å². The summed E-state index contributed by atoms with van der Waals surface area (Å²) in [6, 6.07) is 2.25. The van der Waals surface area contributed by atoms with E-state index in [1.807, 2.05) is 13.0 Å². The smallest absolute Gasteiger partial charge is 0.0693 e. The van der Waals surface area contributed by atoms with Gasteiger partial charge < -0.3 is 0 Å². The Labute approximate surface area is 49.6 Å². The van der Waals surface area contributed by atoms with Crippen LogP contribution < -0.4 is 0 Å². The van der Waals surface area contributed by atoms with Crippen LogP contribution in [0.1, 0.15) is 13.3 Å². The van der Waals surface area contributed by atoms with Crippen LogP contribution in [0.3, 0.4) is 0 Å². The maximum absolute atomic E-state index is 8.47. The van der Waals surface area contributed by atoms with Gasteiger partial charge in [-0.15, -0.1) is 6.58 Å². The summed E-state index contributed by atoms with van der Waals surface area (Å²) in [6.07, 6.45) is 2.87. The summed E-state index contributed by atoms with van der Waals surface area (Å²) in [5, 5.41) is 8.47. The first-order valence-electron chi connectivity index (χ1n) is 2.77. The minimum atomic E-state index is -0.0538. The molecule has 1 aliphatic rings. The van der Waals surface area contributed by atoms with Crippen molar-refractivity contribution in [3.63, 3.8) is 0 Å². The largest absolute Gasteiger partial charge is 0.198 e. The Kier molecular flexibility index (Phi) is 0.907. The fraction of sp³-hybridized carbons (Fsp3) is 0.571. The van der Waals surface area contributed by atoms with Crippen LogP contribution in [0.15, 0.2) is 12.7 Å². The average molecular weight is 107 g/mol. The van der Waals surface area contributed by atoms with Crippen molar-refractivity contribution in [1.82, 2.24) is 0 Å². The quantitative estimate of drug-likeness (QED) is 0.468. The maximum atomic E-state index is 8.47. The molecule has 1 aliphatic carbocycles. The summed E-state index contributed by atoms with van der Waals surface area (Å²) >= 11 is 0. The lowest BCUT2D eigenvalue weighted by atomic mass is 10.1. The SMILES string of the molecule is C=C[C@H]1C[C@]1(C)C#N. The third-order valence-electron chi connectivity index (χ3n) is 1.84. The van der Waals surface area contributed by atoms with Gasteiger partial charge in [0, 0.05) is 0 Å². The number of hydrogen-bond acceptors (Lipinski definition) is 1. The van der Waals surface area contributed by atoms with E-state index in [1.165, 1.54) is 0 Å². The van der Waals surface area contributed by atoms with E-state index in [-0.39, 0.29) is 5.41 Å². The number of allylic oxidation sites excluding steroid dienone is 1. The highest BCUT2D eigenvalue weighted by atomic mass is 14.5. The van der Waals surface area contributed by atoms with Crippen LogP contribution in [-0.2, 0) is 0 Å². The van der Waals surface area contributed by atoms with Gasteiger partial charge in [-0.3, -0.25) is 0 Å². The van der Waals surface area contributed by atoms with Gasteiger partial charge in [-0.25, -0.2) is 0 Å². The molecule has 0 N–H and O–H groups in total. The molecular weight excluding hydrogens is 98.1 g/mol. The molecule has 0 amide bonds. The van der Waals surface area contributed by atoms with Crippen LogP contribution >= 0.6 is 0 Å². The Hall–Kier alpha value is -0.770. The van der Waals surface area contributed by atoms with Crippen molar-refractivity contribution in [3.8, 4) is 6.07 Å². The molecule has 1 fully saturated rings. The summed E-state index contributed by atoms with van der Waals surface area (Å²) in [5.74, 6) is 0.465. The van der Waals surface area contributed by atoms with Crippen LogP contribution in [0.5, 0.6) is 0 Å². The lowest BCUT2D eigenvalue weighted by molar-refractivity contribution is 0.715. The van der Waals surface area contributed by atoms with Gasteiger partial charge in [0.15, 0.2) is 0 Å². The van der Waals surface area contributed by atoms with Gasteiger partial charge in [0.25, 0.3) is 0 Å². The molecule has 1 saturated carbocycles. The number of nitriles is 1. The molecule has 1 rings (SSSR count). The van der Waals surface area contributed by atoms with E-state index in [1.54, 1.807) is 0 Å². The van der Waals surface area contributed by atoms with Crippen LogP contribution in [-0.4, -0.2) is 0 Å². The minimum Gasteiger partial charge on any atom is -0.198 e. The van der Waals surface area contributed by atoms with E-state index < -0.39 is 0 Å². The lowest BCUT2D eigenvalue weighted by Gasteiger charge is -1.89. The maximum Gasteiger partial charge on any atom is 0.0693 e. The first kappa shape index (κ1) is 5.37. The van der Waals surface area contributed by atoms with Crippen LogP contribution in [0, 0.1) is 22.7 Å². The molecule has 0 saturated heterocycles. The minimum absolute atomic E-state index is 0.0538. The Morgan fingerprint density at radius 1 is 2.00 bits per heavy atom. The van der Waals surface area contributed by atoms with Crippen molar-refractivity contribution in [2.45, 2.75) is 13.3 Å². The first-order chi connectivity index (χ1) is 3.73. The van der Waals surface area contributed by atoms with E-state index in [0.717, 1.165) is 6.42 Å². The second-order valence-corrected chi connectivity index (χ2v) is 2.58. The molecule has 0 unspecified atom stereocenters. The molecule has 0 aromatic carbocycles. The van der Waals surface area contributed by atoms with Crippen LogP contribution in [0.4, 0.5) is 0 Å². The molecule has 0 aromatic heterocycles. The van der Waals surface area contributed by atoms with Gasteiger partial charge >= 0.3 is 0 Å². The van der Waals surface area contributed by atoms with E-state index >= 15 is 0 Å². The molecule has 0 radical (unpaired) electrons. The predicted octanol–water partition coefficient (Wildman–Crippen LogP) is 1.72. The Bertz CT molecular complexity index is 154. The fourth-order valence-corrected chi connectivity index (χ4v) is 0.870. The fourth-order valence-electron chi connectivity index (χ4n) is 0.870. The zero-order valence-electron chi connectivity index (χ0n) is 5.02. The molecule has 8 heavy (non-hydrogen) atoms. The second kappa shape index (κ2) is 1.35. The summed E-state index contributed by atoms with van der Waals surface area (Å²) in [6.45, 7) is 5.59. The molecule has 0 bridgehead atoms. The van der Waals surface area contributed by atoms with Gasteiger partial charge in [0.1, 0.15) is 0 Å². The molecule has 2 atom stereocenters. The summed E-state index contributed by atoms with van der Waals surface area (Å²) < 4.78 is 0. The van der Waals surface area contributed by atoms with Crippen molar-refractivity contribution >= 4 is 0 Å². The van der Waals surface area contributed by atoms with Crippen LogP contribution in [0.2, 0.25) is 0 Å². The Morgan fingerprint density at radius 3 is 2.75 bits per heavy atom. The van der Waals surface area contributed by atoms with Crippen molar-refractivity contribution in [2.24, 2.45) is 11.3 Å². The van der Waals surface area contributed by atoms with Crippen LogP contribution in [0.25, 0.3) is 0 Å². The van der Waals surface area contributed by atoms with Gasteiger partial charge in [0.2, 0.25) is 0 Å². The van der Waals surface area contributed by atoms with Gasteiger partial charge in [-0.1, -0.05) is 6.08 Å². The van der Waals surface area contributed by atoms with Gasteiger partial charge in [-0.2, -0.15) is 5.26 Å². The molecule has 0 heterocycles. The molecule has 0 spiro atoms. The number of rotatable bonds is 1. The van der Waals surface area contributed by atoms with Crippen molar-refractivity contribution in [3.05, 3.63) is 12.7 Å². The standard InChI is InChI=1S/C7H9N/c1-3-6-4-7(6,2)5-8/h3,6H,1,4H2,2H3/t6-,7+/m0/s1. The van der Waals surface area contributed by atoms with E-state index in [9.17, 15) is 0 Å². The molecule has 1 nitrogen and oxygen atoms in total. The van der Waals surface area contributed by atoms with Crippen molar-refractivity contribution < 1.29 is 0 Å². The van der Waals surface area contributed by atoms with Gasteiger partial charge in [0.05, 0.1) is 11.5 Å². The van der Waals surface area contributed by atoms with E-state index in [0.29, 0.717) is 5.92 Å². The van der Waals surface area contributed by atoms with E-state index in [4.69, 9.17) is 5.26 Å². The highest BCUT2D eigenvalue weighted by molar-refractivity contribution is 5.18. The molecule has 42 valence electrons. The summed E-state index contributed by atoms with van der Waals surface area (Å²) in [7, 11) is 0. The Balaban J connectivity index is 2.58. The molecule has 0 aromatic rings. The zero-order chi connectivity index (χ0) is 6.20. The highest BCUT2D eigenvalue weighted by Gasteiger charge is 2.48. The third kappa shape index (κ3) is 0.535. The second-order valence-electron chi connectivity index (χ2n) is 2.58. The monoisotopic (exact) mass is 107 g/mol. The normalized spacial score (nSPS) is 42.8. The Morgan fingerprint density at radius 2 is 2.62 bits per heavy atom. The third-order valence-corrected chi connectivity index (χ3v) is 1.84. The summed E-state index contributed by atoms with van der Waals surface area (Å²) in [5.41, 5.74) is -0.0538. The predicted molar refractivity (Wildman–Crippen MR) is 32.0 cm³/mol.